The minimum absolute atomic E-state index is 0.549. The Balaban J connectivity index is 1.95. The second kappa shape index (κ2) is 6.46. The van der Waals surface area contributed by atoms with E-state index in [0.29, 0.717) is 10.9 Å². The second-order valence-corrected chi connectivity index (χ2v) is 5.62. The highest BCUT2D eigenvalue weighted by Gasteiger charge is 2.12. The molecule has 0 aliphatic heterocycles. The number of para-hydroxylation sites is 1. The summed E-state index contributed by atoms with van der Waals surface area (Å²) >= 11 is 12.1. The highest BCUT2D eigenvalue weighted by atomic mass is 35.5. The molecule has 108 valence electrons. The van der Waals surface area contributed by atoms with Crippen molar-refractivity contribution in [2.24, 2.45) is 0 Å². The van der Waals surface area contributed by atoms with E-state index in [1.165, 1.54) is 5.56 Å². The summed E-state index contributed by atoms with van der Waals surface area (Å²) in [6.07, 6.45) is 5.32. The third-order valence-electron chi connectivity index (χ3n) is 3.47. The average Bonchev–Trinajstić information content (AvgIpc) is 2.86. The van der Waals surface area contributed by atoms with Gasteiger partial charge in [-0.05, 0) is 30.2 Å². The van der Waals surface area contributed by atoms with E-state index in [1.807, 2.05) is 24.4 Å². The van der Waals surface area contributed by atoms with E-state index in [9.17, 15) is 0 Å². The van der Waals surface area contributed by atoms with Gasteiger partial charge in [-0.15, -0.1) is 11.6 Å². The molecule has 0 atom stereocenters. The molecular weight excluding hydrogens is 305 g/mol. The van der Waals surface area contributed by atoms with Gasteiger partial charge in [-0.25, -0.2) is 4.98 Å². The maximum atomic E-state index is 6.24. The number of halogens is 2. The highest BCUT2D eigenvalue weighted by Crippen LogP contribution is 2.24. The van der Waals surface area contributed by atoms with Crippen molar-refractivity contribution in [1.29, 1.82) is 0 Å². The van der Waals surface area contributed by atoms with Crippen molar-refractivity contribution in [3.8, 4) is 0 Å². The summed E-state index contributed by atoms with van der Waals surface area (Å²) in [6.45, 7) is 0.842. The van der Waals surface area contributed by atoms with Crippen molar-refractivity contribution in [2.45, 2.75) is 19.4 Å². The number of imidazole rings is 1. The SMILES string of the molecule is ClCCc1nc2c(Cl)cccc2n1CCc1cccnc1. The zero-order chi connectivity index (χ0) is 14.7. The van der Waals surface area contributed by atoms with Crippen molar-refractivity contribution < 1.29 is 0 Å². The van der Waals surface area contributed by atoms with E-state index < -0.39 is 0 Å². The number of aromatic nitrogens is 3. The molecule has 0 saturated heterocycles. The summed E-state index contributed by atoms with van der Waals surface area (Å²) < 4.78 is 2.20. The van der Waals surface area contributed by atoms with Gasteiger partial charge in [-0.2, -0.15) is 0 Å². The first-order chi connectivity index (χ1) is 10.3. The van der Waals surface area contributed by atoms with Crippen LogP contribution in [0.5, 0.6) is 0 Å². The number of hydrogen-bond donors (Lipinski definition) is 0. The van der Waals surface area contributed by atoms with Crippen LogP contribution in [0.2, 0.25) is 5.02 Å². The van der Waals surface area contributed by atoms with E-state index in [1.54, 1.807) is 6.20 Å². The lowest BCUT2D eigenvalue weighted by atomic mass is 10.2. The lowest BCUT2D eigenvalue weighted by Gasteiger charge is -2.08. The van der Waals surface area contributed by atoms with Gasteiger partial charge in [0.25, 0.3) is 0 Å². The molecular formula is C16H15Cl2N3. The minimum atomic E-state index is 0.549. The van der Waals surface area contributed by atoms with Crippen molar-refractivity contribution in [3.63, 3.8) is 0 Å². The molecule has 0 bridgehead atoms. The van der Waals surface area contributed by atoms with Crippen LogP contribution in [0, 0.1) is 0 Å². The van der Waals surface area contributed by atoms with Gasteiger partial charge in [0.2, 0.25) is 0 Å². The molecule has 0 fully saturated rings. The predicted octanol–water partition coefficient (Wildman–Crippen LogP) is 4.11. The van der Waals surface area contributed by atoms with Gasteiger partial charge in [0.1, 0.15) is 11.3 Å². The normalized spacial score (nSPS) is 11.1. The number of alkyl halides is 1. The first-order valence-corrected chi connectivity index (χ1v) is 7.79. The Labute approximate surface area is 133 Å². The van der Waals surface area contributed by atoms with Gasteiger partial charge >= 0.3 is 0 Å². The van der Waals surface area contributed by atoms with E-state index in [0.717, 1.165) is 36.2 Å². The van der Waals surface area contributed by atoms with Gasteiger partial charge < -0.3 is 4.57 Å². The van der Waals surface area contributed by atoms with Crippen LogP contribution in [0.15, 0.2) is 42.7 Å². The Bertz CT molecular complexity index is 738. The van der Waals surface area contributed by atoms with Crippen LogP contribution in [-0.4, -0.2) is 20.4 Å². The van der Waals surface area contributed by atoms with Gasteiger partial charge in [0.15, 0.2) is 0 Å². The van der Waals surface area contributed by atoms with E-state index in [-0.39, 0.29) is 0 Å². The number of nitrogens with zero attached hydrogens (tertiary/aromatic N) is 3. The molecule has 21 heavy (non-hydrogen) atoms. The van der Waals surface area contributed by atoms with E-state index in [4.69, 9.17) is 23.2 Å². The maximum absolute atomic E-state index is 6.24. The lowest BCUT2D eigenvalue weighted by Crippen LogP contribution is -2.07. The summed E-state index contributed by atoms with van der Waals surface area (Å²) in [4.78, 5) is 8.80. The zero-order valence-electron chi connectivity index (χ0n) is 11.5. The van der Waals surface area contributed by atoms with Crippen LogP contribution in [0.3, 0.4) is 0 Å². The van der Waals surface area contributed by atoms with Gasteiger partial charge in [0.05, 0.1) is 10.5 Å². The fourth-order valence-corrected chi connectivity index (χ4v) is 2.85. The van der Waals surface area contributed by atoms with Gasteiger partial charge in [-0.3, -0.25) is 4.98 Å². The van der Waals surface area contributed by atoms with Crippen LogP contribution in [0.25, 0.3) is 11.0 Å². The largest absolute Gasteiger partial charge is 0.328 e. The van der Waals surface area contributed by atoms with Crippen LogP contribution >= 0.6 is 23.2 Å². The van der Waals surface area contributed by atoms with Crippen LogP contribution in [-0.2, 0) is 19.4 Å². The number of benzene rings is 1. The molecule has 0 aliphatic carbocycles. The molecule has 2 heterocycles. The molecule has 3 aromatic rings. The fourth-order valence-electron chi connectivity index (χ4n) is 2.47. The Hall–Kier alpha value is -1.58. The summed E-state index contributed by atoms with van der Waals surface area (Å²) in [7, 11) is 0. The smallest absolute Gasteiger partial charge is 0.111 e. The molecule has 0 spiro atoms. The Morgan fingerprint density at radius 1 is 1.10 bits per heavy atom. The molecule has 0 aliphatic rings. The summed E-state index contributed by atoms with van der Waals surface area (Å²) in [6, 6.07) is 9.91. The predicted molar refractivity (Wildman–Crippen MR) is 87.1 cm³/mol. The summed E-state index contributed by atoms with van der Waals surface area (Å²) in [5, 5.41) is 0.684. The van der Waals surface area contributed by atoms with Crippen molar-refractivity contribution >= 4 is 34.2 Å². The number of pyridine rings is 1. The van der Waals surface area contributed by atoms with Crippen molar-refractivity contribution in [3.05, 3.63) is 59.1 Å². The second-order valence-electron chi connectivity index (χ2n) is 4.84. The first-order valence-electron chi connectivity index (χ1n) is 6.88. The maximum Gasteiger partial charge on any atom is 0.111 e. The molecule has 3 rings (SSSR count). The minimum Gasteiger partial charge on any atom is -0.328 e. The molecule has 1 aromatic carbocycles. The van der Waals surface area contributed by atoms with Crippen LogP contribution < -0.4 is 0 Å². The average molecular weight is 320 g/mol. The molecule has 3 nitrogen and oxygen atoms in total. The zero-order valence-corrected chi connectivity index (χ0v) is 13.0. The summed E-state index contributed by atoms with van der Waals surface area (Å²) in [5.74, 6) is 1.53. The molecule has 0 unspecified atom stereocenters. The third-order valence-corrected chi connectivity index (χ3v) is 3.97. The summed E-state index contributed by atoms with van der Waals surface area (Å²) in [5.41, 5.74) is 3.12. The molecule has 0 amide bonds. The van der Waals surface area contributed by atoms with E-state index in [2.05, 4.69) is 26.7 Å². The van der Waals surface area contributed by atoms with Gasteiger partial charge in [0, 0.05) is 31.2 Å². The Kier molecular flexibility index (Phi) is 4.42. The van der Waals surface area contributed by atoms with Gasteiger partial charge in [-0.1, -0.05) is 23.7 Å². The molecule has 2 aromatic heterocycles. The standard InChI is InChI=1S/C16H15Cl2N3/c17-8-6-15-20-16-13(18)4-1-5-14(16)21(15)10-7-12-3-2-9-19-11-12/h1-5,9,11H,6-8,10H2. The van der Waals surface area contributed by atoms with E-state index >= 15 is 0 Å². The molecule has 0 N–H and O–H groups in total. The lowest BCUT2D eigenvalue weighted by molar-refractivity contribution is 0.674. The number of aryl methyl sites for hydroxylation is 3. The Morgan fingerprint density at radius 3 is 2.76 bits per heavy atom. The van der Waals surface area contributed by atoms with Crippen LogP contribution in [0.4, 0.5) is 0 Å². The number of fused-ring (bicyclic) bond motifs is 1. The van der Waals surface area contributed by atoms with Crippen LogP contribution in [0.1, 0.15) is 11.4 Å². The van der Waals surface area contributed by atoms with Crippen molar-refractivity contribution in [1.82, 2.24) is 14.5 Å². The Morgan fingerprint density at radius 2 is 2.00 bits per heavy atom. The number of rotatable bonds is 5. The monoisotopic (exact) mass is 319 g/mol. The fraction of sp³-hybridized carbons (Fsp3) is 0.250. The quantitative estimate of drug-likeness (QED) is 0.662. The molecule has 0 radical (unpaired) electrons. The topological polar surface area (TPSA) is 30.7 Å². The molecule has 5 heteroatoms. The first kappa shape index (κ1) is 14.4. The van der Waals surface area contributed by atoms with Crippen molar-refractivity contribution in [2.75, 3.05) is 5.88 Å². The number of hydrogen-bond acceptors (Lipinski definition) is 2. The third kappa shape index (κ3) is 3.04. The molecule has 0 saturated carbocycles. The highest BCUT2D eigenvalue weighted by molar-refractivity contribution is 6.34.